The largest absolute Gasteiger partial charge is 0.314 e. The van der Waals surface area contributed by atoms with Gasteiger partial charge in [0.25, 0.3) is 0 Å². The van der Waals surface area contributed by atoms with E-state index < -0.39 is 15.8 Å². The van der Waals surface area contributed by atoms with Gasteiger partial charge in [0.2, 0.25) is 10.0 Å². The molecule has 140 valence electrons. The number of halogens is 1. The molecule has 0 amide bonds. The highest BCUT2D eigenvalue weighted by Gasteiger charge is 2.31. The van der Waals surface area contributed by atoms with Crippen LogP contribution >= 0.6 is 0 Å². The zero-order valence-electron chi connectivity index (χ0n) is 14.5. The minimum absolute atomic E-state index is 0.102. The highest BCUT2D eigenvalue weighted by molar-refractivity contribution is 7.89. The second kappa shape index (κ2) is 7.09. The molecule has 1 aliphatic heterocycles. The Hall–Kier alpha value is -1.77. The summed E-state index contributed by atoms with van der Waals surface area (Å²) in [5.41, 5.74) is 0.233. The van der Waals surface area contributed by atoms with Crippen LogP contribution in [0.2, 0.25) is 0 Å². The molecule has 2 aromatic rings. The van der Waals surface area contributed by atoms with E-state index in [1.807, 2.05) is 0 Å². The summed E-state index contributed by atoms with van der Waals surface area (Å²) in [6.45, 7) is 2.04. The molecule has 2 aliphatic rings. The lowest BCUT2D eigenvalue weighted by Crippen LogP contribution is -2.45. The third-order valence-electron chi connectivity index (χ3n) is 5.14. The van der Waals surface area contributed by atoms with Crippen molar-refractivity contribution in [3.63, 3.8) is 0 Å². The van der Waals surface area contributed by atoms with Crippen molar-refractivity contribution in [3.05, 3.63) is 42.5 Å². The number of hydrogen-bond donors (Lipinski definition) is 1. The monoisotopic (exact) mass is 378 g/mol. The van der Waals surface area contributed by atoms with Crippen molar-refractivity contribution in [2.45, 2.75) is 36.6 Å². The van der Waals surface area contributed by atoms with Gasteiger partial charge in [0.1, 0.15) is 16.4 Å². The first-order chi connectivity index (χ1) is 12.5. The van der Waals surface area contributed by atoms with Gasteiger partial charge in [-0.1, -0.05) is 12.1 Å². The number of benzene rings is 1. The third-order valence-corrected chi connectivity index (χ3v) is 6.99. The van der Waals surface area contributed by atoms with Crippen molar-refractivity contribution in [3.8, 4) is 5.69 Å². The minimum atomic E-state index is -3.60. The molecule has 0 radical (unpaired) electrons. The van der Waals surface area contributed by atoms with Crippen LogP contribution in [-0.4, -0.2) is 48.2 Å². The molecular formula is C18H23FN4O2S. The summed E-state index contributed by atoms with van der Waals surface area (Å²) in [5, 5.41) is 7.59. The first kappa shape index (κ1) is 17.6. The van der Waals surface area contributed by atoms with Crippen LogP contribution in [0.5, 0.6) is 0 Å². The first-order valence-electron chi connectivity index (χ1n) is 9.07. The van der Waals surface area contributed by atoms with Crippen LogP contribution in [0.1, 0.15) is 25.7 Å². The van der Waals surface area contributed by atoms with E-state index in [2.05, 4.69) is 10.4 Å². The van der Waals surface area contributed by atoms with E-state index in [1.54, 1.807) is 18.2 Å². The highest BCUT2D eigenvalue weighted by Crippen LogP contribution is 2.28. The van der Waals surface area contributed by atoms with Gasteiger partial charge < -0.3 is 5.32 Å². The summed E-state index contributed by atoms with van der Waals surface area (Å²) >= 11 is 0. The van der Waals surface area contributed by atoms with Gasteiger partial charge in [-0.15, -0.1) is 0 Å². The Bertz CT molecular complexity index is 871. The molecule has 2 fully saturated rings. The molecule has 0 atom stereocenters. The molecule has 4 rings (SSSR count). The Morgan fingerprint density at radius 1 is 1.15 bits per heavy atom. The summed E-state index contributed by atoms with van der Waals surface area (Å²) in [5.74, 6) is 0.378. The Morgan fingerprint density at radius 2 is 1.88 bits per heavy atom. The zero-order valence-corrected chi connectivity index (χ0v) is 15.3. The van der Waals surface area contributed by atoms with Crippen LogP contribution in [0.3, 0.4) is 0 Å². The fourth-order valence-corrected chi connectivity index (χ4v) is 4.72. The standard InChI is InChI=1S/C18H23FN4O2S/c19-17-3-1-2-4-18(17)23-13-16(12-21-23)26(24,25)22-9-7-15(8-10-22)20-11-14-5-6-14/h1-4,12-15,20H,5-11H2. The minimum Gasteiger partial charge on any atom is -0.314 e. The number of piperidine rings is 1. The molecule has 6 nitrogen and oxygen atoms in total. The lowest BCUT2D eigenvalue weighted by atomic mass is 10.1. The van der Waals surface area contributed by atoms with Crippen molar-refractivity contribution >= 4 is 10.0 Å². The van der Waals surface area contributed by atoms with E-state index in [1.165, 1.54) is 40.3 Å². The molecule has 1 saturated heterocycles. The maximum atomic E-state index is 13.9. The fraction of sp³-hybridized carbons (Fsp3) is 0.500. The van der Waals surface area contributed by atoms with Gasteiger partial charge in [-0.05, 0) is 50.3 Å². The average Bonchev–Trinajstić information content (AvgIpc) is 3.34. The SMILES string of the molecule is O=S(=O)(c1cnn(-c2ccccc2F)c1)N1CCC(NCC2CC2)CC1. The van der Waals surface area contributed by atoms with Crippen LogP contribution in [0.4, 0.5) is 4.39 Å². The van der Waals surface area contributed by atoms with Crippen LogP contribution < -0.4 is 5.32 Å². The zero-order chi connectivity index (χ0) is 18.1. The molecule has 1 aliphatic carbocycles. The maximum Gasteiger partial charge on any atom is 0.246 e. The van der Waals surface area contributed by atoms with E-state index in [0.29, 0.717) is 19.1 Å². The number of sulfonamides is 1. The smallest absolute Gasteiger partial charge is 0.246 e. The molecule has 26 heavy (non-hydrogen) atoms. The van der Waals surface area contributed by atoms with Crippen LogP contribution in [0, 0.1) is 11.7 Å². The van der Waals surface area contributed by atoms with Crippen LogP contribution in [-0.2, 0) is 10.0 Å². The maximum absolute atomic E-state index is 13.9. The molecule has 2 heterocycles. The van der Waals surface area contributed by atoms with E-state index >= 15 is 0 Å². The van der Waals surface area contributed by atoms with Crippen molar-refractivity contribution in [1.82, 2.24) is 19.4 Å². The summed E-state index contributed by atoms with van der Waals surface area (Å²) in [7, 11) is -3.60. The Labute approximate surface area is 153 Å². The van der Waals surface area contributed by atoms with Gasteiger partial charge in [-0.3, -0.25) is 0 Å². The van der Waals surface area contributed by atoms with E-state index in [0.717, 1.165) is 25.3 Å². The van der Waals surface area contributed by atoms with E-state index in [4.69, 9.17) is 0 Å². The number of para-hydroxylation sites is 1. The summed E-state index contributed by atoms with van der Waals surface area (Å²) < 4.78 is 42.4. The molecule has 1 aromatic carbocycles. The third kappa shape index (κ3) is 3.67. The van der Waals surface area contributed by atoms with Crippen molar-refractivity contribution in [1.29, 1.82) is 0 Å². The van der Waals surface area contributed by atoms with E-state index in [-0.39, 0.29) is 10.6 Å². The quantitative estimate of drug-likeness (QED) is 0.837. The Balaban J connectivity index is 1.43. The van der Waals surface area contributed by atoms with Gasteiger partial charge in [0, 0.05) is 19.1 Å². The highest BCUT2D eigenvalue weighted by atomic mass is 32.2. The predicted molar refractivity (Wildman–Crippen MR) is 96.0 cm³/mol. The van der Waals surface area contributed by atoms with Gasteiger partial charge in [0.15, 0.2) is 0 Å². The number of nitrogens with zero attached hydrogens (tertiary/aromatic N) is 3. The molecule has 0 bridgehead atoms. The van der Waals surface area contributed by atoms with Crippen LogP contribution in [0.25, 0.3) is 5.69 Å². The molecule has 0 unspecified atom stereocenters. The second-order valence-electron chi connectivity index (χ2n) is 7.10. The molecule has 1 N–H and O–H groups in total. The fourth-order valence-electron chi connectivity index (χ4n) is 3.31. The number of nitrogens with one attached hydrogen (secondary N) is 1. The van der Waals surface area contributed by atoms with Crippen molar-refractivity contribution in [2.75, 3.05) is 19.6 Å². The van der Waals surface area contributed by atoms with E-state index in [9.17, 15) is 12.8 Å². The number of aromatic nitrogens is 2. The molecule has 0 spiro atoms. The average molecular weight is 378 g/mol. The predicted octanol–water partition coefficient (Wildman–Crippen LogP) is 2.16. The molecule has 1 aromatic heterocycles. The van der Waals surface area contributed by atoms with Crippen molar-refractivity contribution in [2.24, 2.45) is 5.92 Å². The first-order valence-corrected chi connectivity index (χ1v) is 10.5. The lowest BCUT2D eigenvalue weighted by molar-refractivity contribution is 0.288. The summed E-state index contributed by atoms with van der Waals surface area (Å²) in [6, 6.07) is 6.55. The van der Waals surface area contributed by atoms with Gasteiger partial charge in [-0.2, -0.15) is 9.40 Å². The Kier molecular flexibility index (Phi) is 4.81. The lowest BCUT2D eigenvalue weighted by Gasteiger charge is -2.31. The normalized spacial score (nSPS) is 19.7. The number of hydrogen-bond acceptors (Lipinski definition) is 4. The number of rotatable bonds is 6. The van der Waals surface area contributed by atoms with Crippen LogP contribution in [0.15, 0.2) is 41.6 Å². The summed E-state index contributed by atoms with van der Waals surface area (Å²) in [4.78, 5) is 0.102. The molecular weight excluding hydrogens is 355 g/mol. The molecule has 8 heteroatoms. The Morgan fingerprint density at radius 3 is 2.58 bits per heavy atom. The van der Waals surface area contributed by atoms with Gasteiger partial charge in [-0.25, -0.2) is 17.5 Å². The second-order valence-corrected chi connectivity index (χ2v) is 9.04. The van der Waals surface area contributed by atoms with Gasteiger partial charge in [0.05, 0.1) is 12.4 Å². The summed E-state index contributed by atoms with van der Waals surface area (Å²) in [6.07, 6.45) is 6.92. The topological polar surface area (TPSA) is 67.2 Å². The van der Waals surface area contributed by atoms with Gasteiger partial charge >= 0.3 is 0 Å². The molecule has 1 saturated carbocycles. The van der Waals surface area contributed by atoms with Crippen molar-refractivity contribution < 1.29 is 12.8 Å².